The number of nitriles is 1. The second-order valence-corrected chi connectivity index (χ2v) is 10.8. The predicted molar refractivity (Wildman–Crippen MR) is 154 cm³/mol. The number of thiophene rings is 1. The van der Waals surface area contributed by atoms with Gasteiger partial charge < -0.3 is 10.4 Å². The van der Waals surface area contributed by atoms with Gasteiger partial charge in [0.05, 0.1) is 16.7 Å². The number of rotatable bonds is 10. The number of benzene rings is 3. The zero-order valence-corrected chi connectivity index (χ0v) is 23.0. The molecule has 0 saturated carbocycles. The number of fused-ring (bicyclic) bond motifs is 1. The predicted octanol–water partition coefficient (Wildman–Crippen LogP) is 8.00. The van der Waals surface area contributed by atoms with Gasteiger partial charge in [-0.25, -0.2) is 0 Å². The zero-order chi connectivity index (χ0) is 27.2. The first-order chi connectivity index (χ1) is 18.3. The maximum atomic E-state index is 12.5. The summed E-state index contributed by atoms with van der Waals surface area (Å²) in [4.78, 5) is 23.2. The number of halogens is 2. The highest BCUT2D eigenvalue weighted by Crippen LogP contribution is 2.46. The van der Waals surface area contributed by atoms with Gasteiger partial charge in [0.15, 0.2) is 0 Å². The van der Waals surface area contributed by atoms with Crippen molar-refractivity contribution in [1.29, 1.82) is 5.26 Å². The van der Waals surface area contributed by atoms with Gasteiger partial charge in [-0.15, -0.1) is 11.3 Å². The molecule has 0 aliphatic rings. The number of hydrogen-bond donors (Lipinski definition) is 2. The molecule has 0 saturated heterocycles. The number of carbonyl (C=O) groups is 2. The maximum Gasteiger partial charge on any atom is 0.305 e. The summed E-state index contributed by atoms with van der Waals surface area (Å²) in [6.07, 6.45) is 1.70. The van der Waals surface area contributed by atoms with Gasteiger partial charge in [0.2, 0.25) is 0 Å². The van der Waals surface area contributed by atoms with Crippen LogP contribution in [-0.4, -0.2) is 23.5 Å². The van der Waals surface area contributed by atoms with Crippen LogP contribution >= 0.6 is 34.5 Å². The first-order valence-corrected chi connectivity index (χ1v) is 13.9. The fraction of sp³-hybridized carbons (Fsp3) is 0.233. The molecule has 1 unspecified atom stereocenters. The van der Waals surface area contributed by atoms with Crippen molar-refractivity contribution >= 4 is 56.5 Å². The molecule has 0 radical (unpaired) electrons. The topological polar surface area (TPSA) is 90.2 Å². The van der Waals surface area contributed by atoms with Crippen molar-refractivity contribution in [2.75, 3.05) is 6.54 Å². The van der Waals surface area contributed by atoms with Crippen LogP contribution < -0.4 is 5.32 Å². The average Bonchev–Trinajstić information content (AvgIpc) is 3.32. The molecule has 4 aromatic rings. The minimum absolute atomic E-state index is 0.0405. The van der Waals surface area contributed by atoms with Gasteiger partial charge in [-0.2, -0.15) is 5.26 Å². The summed E-state index contributed by atoms with van der Waals surface area (Å²) < 4.78 is 0.912. The molecule has 1 aromatic heterocycles. The Morgan fingerprint density at radius 3 is 2.34 bits per heavy atom. The van der Waals surface area contributed by atoms with E-state index in [1.54, 1.807) is 29.5 Å². The minimum Gasteiger partial charge on any atom is -0.481 e. The van der Waals surface area contributed by atoms with Gasteiger partial charge in [-0.05, 0) is 76.2 Å². The van der Waals surface area contributed by atoms with Crippen LogP contribution in [0.1, 0.15) is 70.6 Å². The van der Waals surface area contributed by atoms with E-state index >= 15 is 0 Å². The van der Waals surface area contributed by atoms with Crippen molar-refractivity contribution in [3.8, 4) is 6.07 Å². The molecule has 1 heterocycles. The Morgan fingerprint density at radius 1 is 1.03 bits per heavy atom. The lowest BCUT2D eigenvalue weighted by atomic mass is 9.75. The fourth-order valence-electron chi connectivity index (χ4n) is 4.85. The van der Waals surface area contributed by atoms with E-state index in [1.165, 1.54) is 0 Å². The van der Waals surface area contributed by atoms with Crippen molar-refractivity contribution in [3.63, 3.8) is 0 Å². The molecule has 38 heavy (non-hydrogen) atoms. The third-order valence-corrected chi connectivity index (χ3v) is 8.10. The van der Waals surface area contributed by atoms with Crippen LogP contribution in [-0.2, 0) is 4.79 Å². The third kappa shape index (κ3) is 6.19. The Bertz CT molecular complexity index is 1490. The average molecular weight is 566 g/mol. The second kappa shape index (κ2) is 12.4. The van der Waals surface area contributed by atoms with Crippen LogP contribution in [0.15, 0.2) is 66.0 Å². The smallest absolute Gasteiger partial charge is 0.305 e. The maximum absolute atomic E-state index is 12.5. The van der Waals surface area contributed by atoms with Crippen LogP contribution in [0.25, 0.3) is 10.1 Å². The first-order valence-electron chi connectivity index (χ1n) is 12.3. The number of aliphatic carboxylic acids is 1. The molecular weight excluding hydrogens is 539 g/mol. The standard InChI is InChI=1S/C30H26Cl2N2O3S/c1-2-3-24(18-4-6-20(7-5-18)30(37)34-13-12-27(35)36)28(19-8-10-22(31)11-9-19)26-17-38-29-21(16-33)14-23(32)15-25(26)29/h4-11,14-15,17,24,28H,2-3,12-13H2,1H3,(H,34,37)(H,35,36)/t24-,28?/m1/s1. The highest BCUT2D eigenvalue weighted by Gasteiger charge is 2.29. The summed E-state index contributed by atoms with van der Waals surface area (Å²) in [6.45, 7) is 2.22. The largest absolute Gasteiger partial charge is 0.481 e. The van der Waals surface area contributed by atoms with Crippen LogP contribution in [0.3, 0.4) is 0 Å². The van der Waals surface area contributed by atoms with E-state index in [0.717, 1.165) is 39.6 Å². The molecule has 4 rings (SSSR count). The number of carbonyl (C=O) groups excluding carboxylic acids is 1. The molecule has 0 aliphatic carbocycles. The van der Waals surface area contributed by atoms with E-state index in [-0.39, 0.29) is 30.7 Å². The van der Waals surface area contributed by atoms with Gasteiger partial charge in [0, 0.05) is 28.1 Å². The second-order valence-electron chi connectivity index (χ2n) is 9.08. The number of carboxylic acids is 1. The van der Waals surface area contributed by atoms with Crippen LogP contribution in [0, 0.1) is 11.3 Å². The first kappa shape index (κ1) is 27.7. The summed E-state index contributed by atoms with van der Waals surface area (Å²) >= 11 is 14.2. The van der Waals surface area contributed by atoms with Crippen LogP contribution in [0.5, 0.6) is 0 Å². The molecule has 0 bridgehead atoms. The lowest BCUT2D eigenvalue weighted by molar-refractivity contribution is -0.136. The normalized spacial score (nSPS) is 12.6. The Balaban J connectivity index is 1.78. The molecule has 1 amide bonds. The highest BCUT2D eigenvalue weighted by molar-refractivity contribution is 7.17. The third-order valence-electron chi connectivity index (χ3n) is 6.58. The number of hydrogen-bond acceptors (Lipinski definition) is 4. The monoisotopic (exact) mass is 564 g/mol. The molecule has 2 atom stereocenters. The van der Waals surface area contributed by atoms with Gasteiger partial charge >= 0.3 is 5.97 Å². The Hall–Kier alpha value is -3.37. The van der Waals surface area contributed by atoms with E-state index in [1.807, 2.05) is 42.5 Å². The molecule has 194 valence electrons. The van der Waals surface area contributed by atoms with Gasteiger partial charge in [-0.1, -0.05) is 60.8 Å². The van der Waals surface area contributed by atoms with Gasteiger partial charge in [0.25, 0.3) is 5.91 Å². The quantitative estimate of drug-likeness (QED) is 0.204. The Kier molecular flexibility index (Phi) is 9.06. The minimum atomic E-state index is -0.958. The van der Waals surface area contributed by atoms with Crippen LogP contribution in [0.4, 0.5) is 0 Å². The Labute approximate surface area is 235 Å². The summed E-state index contributed by atoms with van der Waals surface area (Å²) in [5.74, 6) is -1.23. The van der Waals surface area contributed by atoms with Gasteiger partial charge in [-0.3, -0.25) is 9.59 Å². The lowest BCUT2D eigenvalue weighted by Crippen LogP contribution is -2.26. The van der Waals surface area contributed by atoms with E-state index < -0.39 is 5.97 Å². The number of carboxylic acid groups (broad SMARTS) is 1. The highest BCUT2D eigenvalue weighted by atomic mass is 35.5. The van der Waals surface area contributed by atoms with Crippen molar-refractivity contribution in [2.24, 2.45) is 0 Å². The summed E-state index contributed by atoms with van der Waals surface area (Å²) in [6, 6.07) is 21.3. The molecule has 8 heteroatoms. The summed E-state index contributed by atoms with van der Waals surface area (Å²) in [5.41, 5.74) is 4.31. The lowest BCUT2D eigenvalue weighted by Gasteiger charge is -2.29. The number of nitrogens with one attached hydrogen (secondary N) is 1. The van der Waals surface area contributed by atoms with E-state index in [0.29, 0.717) is 21.2 Å². The van der Waals surface area contributed by atoms with Gasteiger partial charge in [0.1, 0.15) is 6.07 Å². The van der Waals surface area contributed by atoms with E-state index in [9.17, 15) is 14.9 Å². The fourth-order valence-corrected chi connectivity index (χ4v) is 6.24. The molecule has 0 spiro atoms. The Morgan fingerprint density at radius 2 is 1.71 bits per heavy atom. The molecule has 0 fully saturated rings. The van der Waals surface area contributed by atoms with Crippen molar-refractivity contribution in [1.82, 2.24) is 5.32 Å². The number of amides is 1. The van der Waals surface area contributed by atoms with Crippen molar-refractivity contribution in [3.05, 3.63) is 104 Å². The number of nitrogens with zero attached hydrogens (tertiary/aromatic N) is 1. The van der Waals surface area contributed by atoms with E-state index in [2.05, 4.69) is 23.7 Å². The molecular formula is C30H26Cl2N2O3S. The van der Waals surface area contributed by atoms with Crippen LogP contribution in [0.2, 0.25) is 10.0 Å². The SMILES string of the molecule is CCC[C@H](c1ccc(C(=O)NCCC(=O)O)cc1)C(c1ccc(Cl)cc1)c1csc2c(C#N)cc(Cl)cc12. The van der Waals surface area contributed by atoms with Crippen molar-refractivity contribution < 1.29 is 14.7 Å². The zero-order valence-electron chi connectivity index (χ0n) is 20.7. The molecule has 0 aliphatic heterocycles. The van der Waals surface area contributed by atoms with Crippen molar-refractivity contribution in [2.45, 2.75) is 38.0 Å². The van der Waals surface area contributed by atoms with E-state index in [4.69, 9.17) is 28.3 Å². The molecule has 3 aromatic carbocycles. The molecule has 2 N–H and O–H groups in total. The summed E-state index contributed by atoms with van der Waals surface area (Å²) in [7, 11) is 0. The molecule has 5 nitrogen and oxygen atoms in total. The summed E-state index contributed by atoms with van der Waals surface area (Å²) in [5, 5.41) is 25.4.